The smallest absolute Gasteiger partial charge is 0.372 e. The van der Waals surface area contributed by atoms with E-state index < -0.39 is 29.8 Å². The number of rotatable bonds is 11. The van der Waals surface area contributed by atoms with E-state index in [1.165, 1.54) is 7.11 Å². The monoisotopic (exact) mass is 449 g/mol. The highest BCUT2D eigenvalue weighted by atomic mass is 35.5. The normalized spacial score (nSPS) is 12.8. The SMILES string of the molecule is CO[C@@H](Cc1c[nH]c2cc(Cl)ccc12)C(=O)N[C@@H](CCC(=O)C=[N+]=N)C(=O)OC(C)C. The predicted octanol–water partition coefficient (Wildman–Crippen LogP) is 2.47. The first-order valence-electron chi connectivity index (χ1n) is 9.77. The van der Waals surface area contributed by atoms with Crippen LogP contribution in [0, 0.1) is 5.53 Å². The number of aromatic nitrogens is 1. The second-order valence-electron chi connectivity index (χ2n) is 7.24. The molecule has 31 heavy (non-hydrogen) atoms. The Labute approximate surface area is 184 Å². The van der Waals surface area contributed by atoms with Crippen molar-refractivity contribution in [1.29, 1.82) is 5.53 Å². The zero-order valence-corrected chi connectivity index (χ0v) is 18.4. The average Bonchev–Trinajstić information content (AvgIpc) is 3.10. The van der Waals surface area contributed by atoms with Gasteiger partial charge in [-0.3, -0.25) is 9.59 Å². The molecule has 0 aliphatic rings. The van der Waals surface area contributed by atoms with Crippen LogP contribution in [0.3, 0.4) is 0 Å². The van der Waals surface area contributed by atoms with Crippen molar-refractivity contribution >= 4 is 46.4 Å². The molecule has 0 radical (unpaired) electrons. The Morgan fingerprint density at radius 3 is 2.71 bits per heavy atom. The Balaban J connectivity index is 2.13. The maximum atomic E-state index is 12.8. The van der Waals surface area contributed by atoms with Gasteiger partial charge in [0, 0.05) is 42.1 Å². The van der Waals surface area contributed by atoms with Crippen LogP contribution in [0.5, 0.6) is 0 Å². The van der Waals surface area contributed by atoms with Crippen LogP contribution >= 0.6 is 11.6 Å². The van der Waals surface area contributed by atoms with Gasteiger partial charge in [-0.25, -0.2) is 4.79 Å². The first kappa shape index (κ1) is 24.3. The van der Waals surface area contributed by atoms with Crippen molar-refractivity contribution in [2.75, 3.05) is 7.11 Å². The van der Waals surface area contributed by atoms with Gasteiger partial charge in [-0.2, -0.15) is 0 Å². The van der Waals surface area contributed by atoms with Gasteiger partial charge in [-0.05, 0) is 38.0 Å². The molecule has 10 heteroatoms. The molecule has 0 aliphatic carbocycles. The van der Waals surface area contributed by atoms with Gasteiger partial charge in [0.25, 0.3) is 0 Å². The first-order valence-corrected chi connectivity index (χ1v) is 10.1. The fourth-order valence-corrected chi connectivity index (χ4v) is 3.23. The molecule has 2 aromatic rings. The number of fused-ring (bicyclic) bond motifs is 1. The van der Waals surface area contributed by atoms with E-state index in [4.69, 9.17) is 26.6 Å². The Morgan fingerprint density at radius 1 is 1.32 bits per heavy atom. The van der Waals surface area contributed by atoms with Gasteiger partial charge in [-0.1, -0.05) is 17.7 Å². The molecule has 0 unspecified atom stereocenters. The fourth-order valence-electron chi connectivity index (χ4n) is 3.06. The Morgan fingerprint density at radius 2 is 2.06 bits per heavy atom. The summed E-state index contributed by atoms with van der Waals surface area (Å²) in [5.41, 5.74) is 8.41. The molecule has 3 N–H and O–H groups in total. The fraction of sp³-hybridized carbons (Fsp3) is 0.429. The minimum atomic E-state index is -1.03. The third kappa shape index (κ3) is 7.03. The van der Waals surface area contributed by atoms with Crippen molar-refractivity contribution in [3.63, 3.8) is 0 Å². The van der Waals surface area contributed by atoms with Crippen LogP contribution in [0.15, 0.2) is 24.4 Å². The third-order valence-corrected chi connectivity index (χ3v) is 4.79. The number of esters is 1. The maximum absolute atomic E-state index is 12.8. The van der Waals surface area contributed by atoms with Crippen LogP contribution < -0.4 is 5.32 Å². The predicted molar refractivity (Wildman–Crippen MR) is 114 cm³/mol. The Kier molecular flexibility index (Phi) is 8.93. The van der Waals surface area contributed by atoms with Gasteiger partial charge in [0.1, 0.15) is 12.1 Å². The highest BCUT2D eigenvalue weighted by Crippen LogP contribution is 2.23. The van der Waals surface area contributed by atoms with Crippen molar-refractivity contribution in [1.82, 2.24) is 10.3 Å². The molecule has 0 bridgehead atoms. The number of aromatic amines is 1. The molecular formula is C21H26ClN4O5+. The number of nitrogens with one attached hydrogen (secondary N) is 3. The zero-order valence-electron chi connectivity index (χ0n) is 17.6. The van der Waals surface area contributed by atoms with Crippen molar-refractivity contribution in [2.45, 2.75) is 51.4 Å². The molecule has 1 amide bonds. The van der Waals surface area contributed by atoms with Gasteiger partial charge in [0.2, 0.25) is 11.7 Å². The van der Waals surface area contributed by atoms with Crippen LogP contribution in [0.4, 0.5) is 0 Å². The number of benzene rings is 1. The number of Topliss-reactive ketones (excluding diaryl/α,β-unsaturated/α-hetero) is 1. The van der Waals surface area contributed by atoms with E-state index in [2.05, 4.69) is 15.1 Å². The molecule has 1 heterocycles. The summed E-state index contributed by atoms with van der Waals surface area (Å²) in [4.78, 5) is 43.0. The van der Waals surface area contributed by atoms with Crippen LogP contribution in [0.25, 0.3) is 10.9 Å². The van der Waals surface area contributed by atoms with Crippen molar-refractivity contribution in [3.8, 4) is 0 Å². The van der Waals surface area contributed by atoms with Gasteiger partial charge < -0.3 is 19.8 Å². The topological polar surface area (TPSA) is 135 Å². The van der Waals surface area contributed by atoms with Crippen LogP contribution in [-0.2, 0) is 30.3 Å². The van der Waals surface area contributed by atoms with Gasteiger partial charge in [0.15, 0.2) is 0 Å². The summed E-state index contributed by atoms with van der Waals surface area (Å²) in [6.07, 6.45) is 1.60. The molecule has 1 aromatic carbocycles. The van der Waals surface area contributed by atoms with E-state index in [1.54, 1.807) is 32.2 Å². The van der Waals surface area contributed by atoms with E-state index in [9.17, 15) is 14.4 Å². The van der Waals surface area contributed by atoms with E-state index in [-0.39, 0.29) is 25.4 Å². The molecule has 1 aromatic heterocycles. The van der Waals surface area contributed by atoms with Crippen LogP contribution in [0.1, 0.15) is 32.3 Å². The van der Waals surface area contributed by atoms with Crippen molar-refractivity contribution < 1.29 is 28.6 Å². The molecular weight excluding hydrogens is 424 g/mol. The summed E-state index contributed by atoms with van der Waals surface area (Å²) in [6.45, 7) is 3.38. The molecule has 2 rings (SSSR count). The number of nitrogens with zero attached hydrogens (tertiary/aromatic N) is 1. The lowest BCUT2D eigenvalue weighted by Gasteiger charge is -2.21. The van der Waals surface area contributed by atoms with E-state index >= 15 is 0 Å². The Bertz CT molecular complexity index is 997. The first-order chi connectivity index (χ1) is 14.7. The number of amides is 1. The molecule has 166 valence electrons. The maximum Gasteiger partial charge on any atom is 0.372 e. The summed E-state index contributed by atoms with van der Waals surface area (Å²) < 4.78 is 10.6. The van der Waals surface area contributed by atoms with Crippen LogP contribution in [0.2, 0.25) is 5.02 Å². The number of hydrogen-bond donors (Lipinski definition) is 3. The van der Waals surface area contributed by atoms with Crippen molar-refractivity contribution in [3.05, 3.63) is 35.0 Å². The summed E-state index contributed by atoms with van der Waals surface area (Å²) in [7, 11) is 1.41. The third-order valence-electron chi connectivity index (χ3n) is 4.55. The number of hydrogen-bond acceptors (Lipinski definition) is 6. The van der Waals surface area contributed by atoms with E-state index in [1.807, 2.05) is 6.07 Å². The number of halogens is 1. The number of H-pyrrole nitrogens is 1. The lowest BCUT2D eigenvalue weighted by molar-refractivity contribution is -0.152. The summed E-state index contributed by atoms with van der Waals surface area (Å²) in [5, 5.41) is 4.13. The number of methoxy groups -OCH3 is 1. The number of carbonyl (C=O) groups is 3. The van der Waals surface area contributed by atoms with E-state index in [0.717, 1.165) is 22.7 Å². The molecule has 0 saturated carbocycles. The molecule has 0 spiro atoms. The van der Waals surface area contributed by atoms with Crippen molar-refractivity contribution in [2.24, 2.45) is 0 Å². The molecule has 9 nitrogen and oxygen atoms in total. The number of carbonyl (C=O) groups excluding carboxylic acids is 3. The van der Waals surface area contributed by atoms with E-state index in [0.29, 0.717) is 5.02 Å². The number of ether oxygens (including phenoxy) is 2. The van der Waals surface area contributed by atoms with Gasteiger partial charge >= 0.3 is 12.2 Å². The summed E-state index contributed by atoms with van der Waals surface area (Å²) in [6, 6.07) is 4.38. The quantitative estimate of drug-likeness (QED) is 0.209. The lowest BCUT2D eigenvalue weighted by atomic mass is 10.0. The number of ketones is 1. The standard InChI is InChI=1S/C21H25ClN4O5/c1-12(2)31-21(29)17(7-5-15(27)11-25-23)26-20(28)19(30-3)8-13-10-24-18-9-14(22)4-6-16(13)18/h4,6,9-12,17,19,23-24H,5,7-8H2,1-3H3/p+1/t17-,19-/m0/s1. The second kappa shape index (κ2) is 11.4. The minimum Gasteiger partial charge on any atom is -0.461 e. The molecule has 0 fully saturated rings. The highest BCUT2D eigenvalue weighted by Gasteiger charge is 2.28. The summed E-state index contributed by atoms with van der Waals surface area (Å²) >= 11 is 6.01. The van der Waals surface area contributed by atoms with Gasteiger partial charge in [-0.15, -0.1) is 0 Å². The summed E-state index contributed by atoms with van der Waals surface area (Å²) in [5.74, 6) is -1.57. The molecule has 2 atom stereocenters. The Hall–Kier alpha value is -3.00. The zero-order chi connectivity index (χ0) is 23.0. The van der Waals surface area contributed by atoms with Gasteiger partial charge in [0.05, 0.1) is 16.4 Å². The second-order valence-corrected chi connectivity index (χ2v) is 7.68. The minimum absolute atomic E-state index is 0.0180. The largest absolute Gasteiger partial charge is 0.461 e. The molecule has 0 aliphatic heterocycles. The lowest BCUT2D eigenvalue weighted by Crippen LogP contribution is -2.48. The average molecular weight is 450 g/mol. The molecule has 0 saturated heterocycles. The van der Waals surface area contributed by atoms with Crippen LogP contribution in [-0.4, -0.2) is 59.0 Å². The highest BCUT2D eigenvalue weighted by molar-refractivity contribution is 6.31.